The molecule has 0 spiro atoms. The number of nitrogens with one attached hydrogen (secondary N) is 1. The van der Waals surface area contributed by atoms with Crippen LogP contribution in [0.1, 0.15) is 44.6 Å². The highest BCUT2D eigenvalue weighted by molar-refractivity contribution is 5.39. The van der Waals surface area contributed by atoms with Crippen LogP contribution in [0.25, 0.3) is 0 Å². The number of fused-ring (bicyclic) bond motifs is 2. The van der Waals surface area contributed by atoms with Gasteiger partial charge in [-0.2, -0.15) is 0 Å². The fourth-order valence-electron chi connectivity index (χ4n) is 3.53. The second kappa shape index (κ2) is 5.14. The van der Waals surface area contributed by atoms with Crippen molar-refractivity contribution in [2.24, 2.45) is 0 Å². The van der Waals surface area contributed by atoms with Crippen LogP contribution in [-0.4, -0.2) is 23.8 Å². The van der Waals surface area contributed by atoms with Crippen LogP contribution in [0.15, 0.2) is 24.3 Å². The van der Waals surface area contributed by atoms with Gasteiger partial charge in [-0.25, -0.2) is 0 Å². The molecule has 1 aromatic rings. The van der Waals surface area contributed by atoms with Crippen molar-refractivity contribution < 1.29 is 9.84 Å². The molecule has 3 rings (SSSR count). The second-order valence-corrected chi connectivity index (χ2v) is 5.92. The number of aliphatic hydroxyl groups is 1. The van der Waals surface area contributed by atoms with E-state index in [1.807, 2.05) is 24.3 Å². The van der Waals surface area contributed by atoms with Gasteiger partial charge in [0.1, 0.15) is 5.75 Å². The molecule has 2 fully saturated rings. The summed E-state index contributed by atoms with van der Waals surface area (Å²) in [6, 6.07) is 8.90. The first-order valence-corrected chi connectivity index (χ1v) is 7.42. The Hall–Kier alpha value is -1.06. The predicted octanol–water partition coefficient (Wildman–Crippen LogP) is 2.58. The van der Waals surface area contributed by atoms with Crippen LogP contribution >= 0.6 is 0 Å². The van der Waals surface area contributed by atoms with Gasteiger partial charge >= 0.3 is 0 Å². The van der Waals surface area contributed by atoms with Crippen molar-refractivity contribution in [3.05, 3.63) is 29.8 Å². The van der Waals surface area contributed by atoms with Crippen molar-refractivity contribution in [3.63, 3.8) is 0 Å². The highest BCUT2D eigenvalue weighted by Gasteiger charge is 2.44. The Bertz CT molecular complexity index is 434. The third-order valence-electron chi connectivity index (χ3n) is 4.35. The van der Waals surface area contributed by atoms with Crippen molar-refractivity contribution in [2.75, 3.05) is 6.61 Å². The Labute approximate surface area is 115 Å². The lowest BCUT2D eigenvalue weighted by atomic mass is 9.81. The number of hydrogen-bond acceptors (Lipinski definition) is 3. The van der Waals surface area contributed by atoms with Crippen LogP contribution in [0.3, 0.4) is 0 Å². The highest BCUT2D eigenvalue weighted by atomic mass is 16.5. The average molecular weight is 261 g/mol. The summed E-state index contributed by atoms with van der Waals surface area (Å²) in [7, 11) is 0. The van der Waals surface area contributed by atoms with Crippen molar-refractivity contribution in [2.45, 2.75) is 56.7 Å². The maximum Gasteiger partial charge on any atom is 0.125 e. The number of benzene rings is 1. The smallest absolute Gasteiger partial charge is 0.125 e. The topological polar surface area (TPSA) is 41.5 Å². The van der Waals surface area contributed by atoms with Gasteiger partial charge in [-0.3, -0.25) is 0 Å². The first-order chi connectivity index (χ1) is 9.21. The van der Waals surface area contributed by atoms with Gasteiger partial charge in [0.2, 0.25) is 0 Å². The normalized spacial score (nSPS) is 33.4. The van der Waals surface area contributed by atoms with E-state index in [1.165, 1.54) is 12.8 Å². The van der Waals surface area contributed by atoms with Gasteiger partial charge in [-0.15, -0.1) is 0 Å². The largest absolute Gasteiger partial charge is 0.493 e. The van der Waals surface area contributed by atoms with Crippen molar-refractivity contribution in [1.82, 2.24) is 5.32 Å². The zero-order valence-electron chi connectivity index (χ0n) is 11.6. The minimum absolute atomic E-state index is 0.461. The Morgan fingerprint density at radius 1 is 1.26 bits per heavy atom. The molecule has 0 saturated carbocycles. The van der Waals surface area contributed by atoms with Crippen LogP contribution in [-0.2, 0) is 5.60 Å². The summed E-state index contributed by atoms with van der Waals surface area (Å²) in [5, 5.41) is 14.7. The Balaban J connectivity index is 1.88. The molecule has 0 amide bonds. The number of ether oxygens (including phenoxy) is 1. The molecule has 2 heterocycles. The average Bonchev–Trinajstić information content (AvgIpc) is 2.76. The molecule has 1 aromatic carbocycles. The molecule has 104 valence electrons. The second-order valence-electron chi connectivity index (χ2n) is 5.92. The lowest BCUT2D eigenvalue weighted by molar-refractivity contribution is -0.0136. The zero-order chi connectivity index (χ0) is 13.3. The van der Waals surface area contributed by atoms with Crippen LogP contribution in [0, 0.1) is 0 Å². The van der Waals surface area contributed by atoms with E-state index in [0.717, 1.165) is 30.6 Å². The molecule has 0 aromatic heterocycles. The molecular weight excluding hydrogens is 238 g/mol. The Morgan fingerprint density at radius 3 is 2.63 bits per heavy atom. The van der Waals surface area contributed by atoms with Crippen LogP contribution in [0.5, 0.6) is 5.75 Å². The van der Waals surface area contributed by atoms with Gasteiger partial charge < -0.3 is 15.2 Å². The van der Waals surface area contributed by atoms with Crippen LogP contribution in [0.4, 0.5) is 0 Å². The number of rotatable bonds is 4. The summed E-state index contributed by atoms with van der Waals surface area (Å²) in [5.41, 5.74) is 0.253. The van der Waals surface area contributed by atoms with Crippen molar-refractivity contribution in [3.8, 4) is 5.75 Å². The zero-order valence-corrected chi connectivity index (χ0v) is 11.6. The van der Waals surface area contributed by atoms with Gasteiger partial charge in [-0.05, 0) is 38.2 Å². The van der Waals surface area contributed by atoms with Gasteiger partial charge in [0.05, 0.1) is 12.2 Å². The maximum absolute atomic E-state index is 11.1. The molecule has 3 heteroatoms. The highest BCUT2D eigenvalue weighted by Crippen LogP contribution is 2.43. The van der Waals surface area contributed by atoms with Gasteiger partial charge in [-0.1, -0.05) is 25.1 Å². The molecule has 0 aliphatic carbocycles. The lowest BCUT2D eigenvalue weighted by Crippen LogP contribution is -2.46. The van der Waals surface area contributed by atoms with Crippen LogP contribution < -0.4 is 10.1 Å². The van der Waals surface area contributed by atoms with Gasteiger partial charge in [0, 0.05) is 17.6 Å². The quantitative estimate of drug-likeness (QED) is 0.875. The minimum Gasteiger partial charge on any atom is -0.493 e. The summed E-state index contributed by atoms with van der Waals surface area (Å²) < 4.78 is 5.82. The minimum atomic E-state index is -0.721. The fraction of sp³-hybridized carbons (Fsp3) is 0.625. The van der Waals surface area contributed by atoms with Crippen LogP contribution in [0.2, 0.25) is 0 Å². The third kappa shape index (κ3) is 2.49. The molecule has 2 aliphatic rings. The van der Waals surface area contributed by atoms with E-state index in [4.69, 9.17) is 4.74 Å². The number of para-hydroxylation sites is 1. The van der Waals surface area contributed by atoms with E-state index in [-0.39, 0.29) is 0 Å². The monoisotopic (exact) mass is 261 g/mol. The molecule has 2 bridgehead atoms. The van der Waals surface area contributed by atoms with E-state index in [2.05, 4.69) is 12.2 Å². The molecule has 2 N–H and O–H groups in total. The van der Waals surface area contributed by atoms with Crippen molar-refractivity contribution in [1.29, 1.82) is 0 Å². The lowest BCUT2D eigenvalue weighted by Gasteiger charge is -2.38. The van der Waals surface area contributed by atoms with Gasteiger partial charge in [0.25, 0.3) is 0 Å². The number of hydrogen-bond donors (Lipinski definition) is 2. The molecule has 2 atom stereocenters. The molecule has 3 nitrogen and oxygen atoms in total. The summed E-state index contributed by atoms with van der Waals surface area (Å²) >= 11 is 0. The van der Waals surface area contributed by atoms with Crippen molar-refractivity contribution >= 4 is 0 Å². The summed E-state index contributed by atoms with van der Waals surface area (Å²) in [6.45, 7) is 2.81. The Morgan fingerprint density at radius 2 is 1.95 bits per heavy atom. The van der Waals surface area contributed by atoms with E-state index in [1.54, 1.807) is 0 Å². The SMILES string of the molecule is CCCOc1ccccc1C1(O)CC2CCC(C1)N2. The predicted molar refractivity (Wildman–Crippen MR) is 75.3 cm³/mol. The van der Waals surface area contributed by atoms with E-state index < -0.39 is 5.60 Å². The van der Waals surface area contributed by atoms with E-state index in [9.17, 15) is 5.11 Å². The fourth-order valence-corrected chi connectivity index (χ4v) is 3.53. The first-order valence-electron chi connectivity index (χ1n) is 7.42. The molecule has 2 unspecified atom stereocenters. The molecular formula is C16H23NO2. The summed E-state index contributed by atoms with van der Waals surface area (Å²) in [4.78, 5) is 0. The molecule has 0 radical (unpaired) electrons. The molecule has 2 aliphatic heterocycles. The molecule has 19 heavy (non-hydrogen) atoms. The Kier molecular flexibility index (Phi) is 3.50. The summed E-state index contributed by atoms with van der Waals surface area (Å²) in [6.07, 6.45) is 4.96. The number of piperidine rings is 1. The maximum atomic E-state index is 11.1. The molecule has 2 saturated heterocycles. The standard InChI is InChI=1S/C16H23NO2/c1-2-9-19-15-6-4-3-5-14(15)16(18)10-12-7-8-13(11-16)17-12/h3-6,12-13,17-18H,2,7-11H2,1H3. The van der Waals surface area contributed by atoms with E-state index >= 15 is 0 Å². The summed E-state index contributed by atoms with van der Waals surface area (Å²) in [5.74, 6) is 0.855. The first kappa shape index (κ1) is 12.9. The van der Waals surface area contributed by atoms with Gasteiger partial charge in [0.15, 0.2) is 0 Å². The van der Waals surface area contributed by atoms with E-state index in [0.29, 0.717) is 18.7 Å². The third-order valence-corrected chi connectivity index (χ3v) is 4.35.